The molecule has 0 saturated carbocycles. The molecule has 0 bridgehead atoms. The predicted molar refractivity (Wildman–Crippen MR) is 110 cm³/mol. The Hall–Kier alpha value is -4.34. The van der Waals surface area contributed by atoms with Gasteiger partial charge in [0, 0.05) is 11.1 Å². The fraction of sp³-hybridized carbons (Fsp3) is 0.143. The van der Waals surface area contributed by atoms with E-state index in [0.29, 0.717) is 5.56 Å². The van der Waals surface area contributed by atoms with Crippen LogP contribution in [0.1, 0.15) is 16.7 Å². The van der Waals surface area contributed by atoms with Crippen LogP contribution < -0.4 is 9.47 Å². The minimum absolute atomic E-state index is 0.102. The smallest absolute Gasteiger partial charge is 0.314 e. The van der Waals surface area contributed by atoms with E-state index in [0.717, 1.165) is 12.1 Å². The molecular formula is C21H18N2O8. The number of nitrogens with zero attached hydrogens (tertiary/aromatic N) is 2. The van der Waals surface area contributed by atoms with Gasteiger partial charge < -0.3 is 19.7 Å². The van der Waals surface area contributed by atoms with Gasteiger partial charge in [-0.25, -0.2) is 0 Å². The van der Waals surface area contributed by atoms with Crippen molar-refractivity contribution in [2.24, 2.45) is 0 Å². The Morgan fingerprint density at radius 2 is 1.23 bits per heavy atom. The minimum Gasteiger partial charge on any atom is -0.502 e. The summed E-state index contributed by atoms with van der Waals surface area (Å²) in [6.07, 6.45) is 0. The highest BCUT2D eigenvalue weighted by Gasteiger charge is 2.21. The molecule has 160 valence electrons. The number of phenolic OH excluding ortho intramolecular Hbond substituents is 2. The zero-order valence-electron chi connectivity index (χ0n) is 16.8. The summed E-state index contributed by atoms with van der Waals surface area (Å²) in [4.78, 5) is 20.9. The molecule has 0 radical (unpaired) electrons. The standard InChI is InChI=1S/C21H18N2O8/c1-11-5-4-6-18(30-14-7-12(2)19(24)16(9-14)22(26)27)21(11)31-15-8-13(3)20(25)17(10-15)23(28)29/h4-10,24-25H,1-3H3. The van der Waals surface area contributed by atoms with Crippen molar-refractivity contribution >= 4 is 11.4 Å². The molecule has 0 aliphatic rings. The van der Waals surface area contributed by atoms with Gasteiger partial charge in [-0.05, 0) is 44.5 Å². The van der Waals surface area contributed by atoms with Gasteiger partial charge in [-0.15, -0.1) is 0 Å². The van der Waals surface area contributed by atoms with E-state index in [1.165, 1.54) is 26.0 Å². The van der Waals surface area contributed by atoms with Crippen LogP contribution in [0.5, 0.6) is 34.5 Å². The van der Waals surface area contributed by atoms with Gasteiger partial charge in [0.15, 0.2) is 23.0 Å². The van der Waals surface area contributed by atoms with Gasteiger partial charge in [0.05, 0.1) is 22.0 Å². The van der Waals surface area contributed by atoms with Crippen molar-refractivity contribution in [1.82, 2.24) is 0 Å². The summed E-state index contributed by atoms with van der Waals surface area (Å²) in [5.74, 6) is -0.266. The number of nitro groups is 2. The quantitative estimate of drug-likeness (QED) is 0.392. The van der Waals surface area contributed by atoms with Crippen LogP contribution in [-0.4, -0.2) is 20.1 Å². The van der Waals surface area contributed by atoms with E-state index in [4.69, 9.17) is 9.47 Å². The molecular weight excluding hydrogens is 408 g/mol. The predicted octanol–water partition coefficient (Wildman–Crippen LogP) is 5.42. The fourth-order valence-electron chi connectivity index (χ4n) is 2.93. The lowest BCUT2D eigenvalue weighted by Crippen LogP contribution is -1.97. The van der Waals surface area contributed by atoms with E-state index in [2.05, 4.69) is 0 Å². The lowest BCUT2D eigenvalue weighted by atomic mass is 10.1. The summed E-state index contributed by atoms with van der Waals surface area (Å²) in [6, 6.07) is 10.0. The number of phenols is 2. The molecule has 0 aliphatic heterocycles. The van der Waals surface area contributed by atoms with Gasteiger partial charge in [0.1, 0.15) is 11.5 Å². The van der Waals surface area contributed by atoms with Crippen LogP contribution in [0.15, 0.2) is 42.5 Å². The first-order valence-corrected chi connectivity index (χ1v) is 8.99. The SMILES string of the molecule is Cc1cc(Oc2cccc(C)c2Oc2cc(C)c(O)c([N+](=O)[O-])c2)cc([N+](=O)[O-])c1O. The first kappa shape index (κ1) is 21.4. The molecule has 0 spiro atoms. The average molecular weight is 426 g/mol. The minimum atomic E-state index is -0.721. The number of benzene rings is 3. The van der Waals surface area contributed by atoms with Gasteiger partial charge >= 0.3 is 11.4 Å². The number of nitro benzene ring substituents is 2. The molecule has 0 fully saturated rings. The zero-order valence-corrected chi connectivity index (χ0v) is 16.8. The Balaban J connectivity index is 2.03. The topological polar surface area (TPSA) is 145 Å². The number of hydrogen-bond donors (Lipinski definition) is 2. The van der Waals surface area contributed by atoms with Crippen molar-refractivity contribution in [1.29, 1.82) is 0 Å². The number of hydrogen-bond acceptors (Lipinski definition) is 8. The van der Waals surface area contributed by atoms with Gasteiger partial charge in [-0.1, -0.05) is 12.1 Å². The Labute approximate surface area is 176 Å². The number of ether oxygens (including phenoxy) is 2. The highest BCUT2D eigenvalue weighted by molar-refractivity contribution is 5.59. The summed E-state index contributed by atoms with van der Waals surface area (Å²) in [5.41, 5.74) is 0.135. The van der Waals surface area contributed by atoms with Crippen LogP contribution >= 0.6 is 0 Å². The Kier molecular flexibility index (Phi) is 5.64. The van der Waals surface area contributed by atoms with E-state index in [1.807, 2.05) is 0 Å². The number of rotatable bonds is 6. The van der Waals surface area contributed by atoms with Gasteiger partial charge in [-0.2, -0.15) is 0 Å². The molecule has 0 unspecified atom stereocenters. The normalized spacial score (nSPS) is 10.5. The monoisotopic (exact) mass is 426 g/mol. The van der Waals surface area contributed by atoms with E-state index in [-0.39, 0.29) is 34.1 Å². The Bertz CT molecular complexity index is 1210. The molecule has 3 rings (SSSR count). The molecule has 3 aromatic rings. The van der Waals surface area contributed by atoms with Gasteiger partial charge in [-0.3, -0.25) is 20.2 Å². The highest BCUT2D eigenvalue weighted by atomic mass is 16.6. The molecule has 0 heterocycles. The first-order chi connectivity index (χ1) is 14.6. The molecule has 0 aromatic heterocycles. The second kappa shape index (κ2) is 8.19. The second-order valence-corrected chi connectivity index (χ2v) is 6.84. The molecule has 2 N–H and O–H groups in total. The summed E-state index contributed by atoms with van der Waals surface area (Å²) in [7, 11) is 0. The van der Waals surface area contributed by atoms with E-state index >= 15 is 0 Å². The summed E-state index contributed by atoms with van der Waals surface area (Å²) < 4.78 is 11.6. The molecule has 31 heavy (non-hydrogen) atoms. The maximum absolute atomic E-state index is 11.2. The van der Waals surface area contributed by atoms with Gasteiger partial charge in [0.25, 0.3) is 0 Å². The molecule has 10 nitrogen and oxygen atoms in total. The molecule has 0 atom stereocenters. The fourth-order valence-corrected chi connectivity index (χ4v) is 2.93. The lowest BCUT2D eigenvalue weighted by Gasteiger charge is -2.15. The number of aromatic hydroxyl groups is 2. The third kappa shape index (κ3) is 4.32. The summed E-state index contributed by atoms with van der Waals surface area (Å²) in [5, 5.41) is 42.1. The first-order valence-electron chi connectivity index (χ1n) is 8.99. The summed E-state index contributed by atoms with van der Waals surface area (Å²) >= 11 is 0. The second-order valence-electron chi connectivity index (χ2n) is 6.84. The zero-order chi connectivity index (χ0) is 22.9. The van der Waals surface area contributed by atoms with Crippen LogP contribution in [0.4, 0.5) is 11.4 Å². The molecule has 10 heteroatoms. The van der Waals surface area contributed by atoms with Crippen molar-refractivity contribution in [2.45, 2.75) is 20.8 Å². The molecule has 0 amide bonds. The number of para-hydroxylation sites is 1. The lowest BCUT2D eigenvalue weighted by molar-refractivity contribution is -0.386. The number of aryl methyl sites for hydroxylation is 3. The van der Waals surface area contributed by atoms with Crippen molar-refractivity contribution in [3.63, 3.8) is 0 Å². The van der Waals surface area contributed by atoms with E-state index in [9.17, 15) is 30.4 Å². The third-order valence-electron chi connectivity index (χ3n) is 4.52. The maximum Gasteiger partial charge on any atom is 0.314 e. The van der Waals surface area contributed by atoms with Crippen molar-refractivity contribution in [3.05, 3.63) is 79.4 Å². The van der Waals surface area contributed by atoms with E-state index in [1.54, 1.807) is 25.1 Å². The van der Waals surface area contributed by atoms with Crippen molar-refractivity contribution in [2.75, 3.05) is 0 Å². The van der Waals surface area contributed by atoms with Crippen LogP contribution in [0.25, 0.3) is 0 Å². The summed E-state index contributed by atoms with van der Waals surface area (Å²) in [6.45, 7) is 4.73. The van der Waals surface area contributed by atoms with E-state index < -0.39 is 32.7 Å². The van der Waals surface area contributed by atoms with Gasteiger partial charge in [0.2, 0.25) is 0 Å². The average Bonchev–Trinajstić information content (AvgIpc) is 2.69. The van der Waals surface area contributed by atoms with Crippen LogP contribution in [0, 0.1) is 41.0 Å². The molecule has 0 aliphatic carbocycles. The van der Waals surface area contributed by atoms with Crippen molar-refractivity contribution in [3.8, 4) is 34.5 Å². The Morgan fingerprint density at radius 1 is 0.742 bits per heavy atom. The maximum atomic E-state index is 11.2. The largest absolute Gasteiger partial charge is 0.502 e. The molecule has 0 saturated heterocycles. The molecule has 3 aromatic carbocycles. The van der Waals surface area contributed by atoms with Crippen LogP contribution in [-0.2, 0) is 0 Å². The van der Waals surface area contributed by atoms with Crippen molar-refractivity contribution < 1.29 is 29.5 Å². The van der Waals surface area contributed by atoms with Crippen LogP contribution in [0.2, 0.25) is 0 Å². The van der Waals surface area contributed by atoms with Crippen LogP contribution in [0.3, 0.4) is 0 Å². The highest BCUT2D eigenvalue weighted by Crippen LogP contribution is 2.42. The third-order valence-corrected chi connectivity index (χ3v) is 4.52. The Morgan fingerprint density at radius 3 is 1.71 bits per heavy atom.